The Balaban J connectivity index is 1.42. The molecule has 1 aromatic carbocycles. The summed E-state index contributed by atoms with van der Waals surface area (Å²) < 4.78 is 3.95. The predicted molar refractivity (Wildman–Crippen MR) is 121 cm³/mol. The van der Waals surface area contributed by atoms with Crippen LogP contribution in [-0.2, 0) is 25.9 Å². The Morgan fingerprint density at radius 2 is 2.03 bits per heavy atom. The Hall–Kier alpha value is -3.22. The molecular weight excluding hydrogens is 376 g/mol. The molecule has 0 aliphatic heterocycles. The number of unbranched alkanes of at least 4 members (excludes halogenated alkanes) is 1. The maximum Gasteiger partial charge on any atom is 0.327 e. The molecule has 0 radical (unpaired) electrons. The normalized spacial score (nSPS) is 11.4. The van der Waals surface area contributed by atoms with Crippen LogP contribution in [0.1, 0.15) is 37.4 Å². The smallest absolute Gasteiger partial charge is 0.327 e. The largest absolute Gasteiger partial charge is 0.370 e. The molecule has 7 nitrogen and oxygen atoms in total. The lowest BCUT2D eigenvalue weighted by Gasteiger charge is -2.11. The molecule has 4 rings (SSSR count). The molecule has 0 amide bonds. The molecule has 158 valence electrons. The lowest BCUT2D eigenvalue weighted by Crippen LogP contribution is -2.20. The van der Waals surface area contributed by atoms with Crippen LogP contribution in [0.3, 0.4) is 0 Å². The first-order valence-corrected chi connectivity index (χ1v) is 10.8. The quantitative estimate of drug-likeness (QED) is 0.353. The van der Waals surface area contributed by atoms with Crippen LogP contribution in [0.2, 0.25) is 0 Å². The van der Waals surface area contributed by atoms with Crippen molar-refractivity contribution in [2.45, 2.75) is 52.1 Å². The van der Waals surface area contributed by atoms with E-state index in [-0.39, 0.29) is 5.69 Å². The number of aromatic nitrogens is 5. The number of aryl methyl sites for hydroxylation is 1. The van der Waals surface area contributed by atoms with Gasteiger partial charge in [0.2, 0.25) is 0 Å². The van der Waals surface area contributed by atoms with Crippen LogP contribution in [0.5, 0.6) is 0 Å². The van der Waals surface area contributed by atoms with Gasteiger partial charge in [0.25, 0.3) is 0 Å². The summed E-state index contributed by atoms with van der Waals surface area (Å²) in [4.78, 5) is 23.1. The number of hydrogen-bond acceptors (Lipinski definition) is 3. The number of imidazole rings is 2. The van der Waals surface area contributed by atoms with E-state index in [9.17, 15) is 4.79 Å². The van der Waals surface area contributed by atoms with Gasteiger partial charge in [-0.05, 0) is 37.3 Å². The van der Waals surface area contributed by atoms with Crippen LogP contribution in [0.15, 0.2) is 54.0 Å². The Kier molecular flexibility index (Phi) is 6.37. The molecule has 7 heteroatoms. The van der Waals surface area contributed by atoms with Gasteiger partial charge in [-0.2, -0.15) is 0 Å². The van der Waals surface area contributed by atoms with E-state index in [4.69, 9.17) is 0 Å². The summed E-state index contributed by atoms with van der Waals surface area (Å²) in [6.07, 6.45) is 12.5. The lowest BCUT2D eigenvalue weighted by molar-refractivity contribution is 0.537. The summed E-state index contributed by atoms with van der Waals surface area (Å²) in [5.41, 5.74) is 3.51. The summed E-state index contributed by atoms with van der Waals surface area (Å²) in [6, 6.07) is 8.35. The van der Waals surface area contributed by atoms with E-state index in [1.807, 2.05) is 27.7 Å². The molecule has 0 unspecified atom stereocenters. The number of fused-ring (bicyclic) bond motifs is 1. The highest BCUT2D eigenvalue weighted by Crippen LogP contribution is 2.19. The SMILES string of the molecule is CCCCc1c(NCCc2c[nH]c3ccccc23)[nH]c(=O)n1CCCn1ccnc1. The zero-order valence-corrected chi connectivity index (χ0v) is 17.5. The van der Waals surface area contributed by atoms with Gasteiger partial charge in [0, 0.05) is 49.1 Å². The Bertz CT molecular complexity index is 1120. The summed E-state index contributed by atoms with van der Waals surface area (Å²) >= 11 is 0. The molecule has 0 aliphatic rings. The second kappa shape index (κ2) is 9.52. The maximum absolute atomic E-state index is 12.6. The third-order valence-electron chi connectivity index (χ3n) is 5.59. The third kappa shape index (κ3) is 4.50. The van der Waals surface area contributed by atoms with Gasteiger partial charge in [-0.15, -0.1) is 0 Å². The Morgan fingerprint density at radius 3 is 2.87 bits per heavy atom. The van der Waals surface area contributed by atoms with Crippen LogP contribution in [0, 0.1) is 0 Å². The summed E-state index contributed by atoms with van der Waals surface area (Å²) in [7, 11) is 0. The minimum atomic E-state index is -0.0265. The van der Waals surface area contributed by atoms with Crippen molar-refractivity contribution in [1.82, 2.24) is 24.1 Å². The average molecular weight is 407 g/mol. The van der Waals surface area contributed by atoms with E-state index < -0.39 is 0 Å². The minimum absolute atomic E-state index is 0.0265. The molecule has 0 aliphatic carbocycles. The van der Waals surface area contributed by atoms with Gasteiger partial charge < -0.3 is 14.9 Å². The first kappa shape index (κ1) is 20.1. The summed E-state index contributed by atoms with van der Waals surface area (Å²) in [5.74, 6) is 0.871. The van der Waals surface area contributed by atoms with Crippen molar-refractivity contribution in [3.63, 3.8) is 0 Å². The fourth-order valence-electron chi connectivity index (χ4n) is 3.98. The molecule has 3 heterocycles. The topological polar surface area (TPSA) is 83.4 Å². The second-order valence-electron chi connectivity index (χ2n) is 7.70. The highest BCUT2D eigenvalue weighted by molar-refractivity contribution is 5.83. The van der Waals surface area contributed by atoms with Crippen LogP contribution in [0.25, 0.3) is 10.9 Å². The monoisotopic (exact) mass is 406 g/mol. The number of nitrogens with one attached hydrogen (secondary N) is 3. The fourth-order valence-corrected chi connectivity index (χ4v) is 3.98. The molecule has 0 atom stereocenters. The highest BCUT2D eigenvalue weighted by atomic mass is 16.1. The van der Waals surface area contributed by atoms with Gasteiger partial charge in [0.1, 0.15) is 5.82 Å². The molecule has 0 bridgehead atoms. The number of aromatic amines is 2. The van der Waals surface area contributed by atoms with E-state index in [1.54, 1.807) is 6.20 Å². The van der Waals surface area contributed by atoms with Crippen molar-refractivity contribution in [1.29, 1.82) is 0 Å². The molecule has 30 heavy (non-hydrogen) atoms. The number of para-hydroxylation sites is 1. The number of rotatable bonds is 11. The molecule has 3 N–H and O–H groups in total. The number of hydrogen-bond donors (Lipinski definition) is 3. The van der Waals surface area contributed by atoms with Gasteiger partial charge in [-0.3, -0.25) is 9.55 Å². The number of benzene rings is 1. The van der Waals surface area contributed by atoms with Crippen molar-refractivity contribution < 1.29 is 0 Å². The Morgan fingerprint density at radius 1 is 1.13 bits per heavy atom. The van der Waals surface area contributed by atoms with Crippen molar-refractivity contribution >= 4 is 16.7 Å². The van der Waals surface area contributed by atoms with Crippen LogP contribution >= 0.6 is 0 Å². The van der Waals surface area contributed by atoms with Gasteiger partial charge in [0.05, 0.1) is 12.0 Å². The van der Waals surface area contributed by atoms with Crippen molar-refractivity contribution in [2.24, 2.45) is 0 Å². The first-order valence-electron chi connectivity index (χ1n) is 10.8. The number of anilines is 1. The summed E-state index contributed by atoms with van der Waals surface area (Å²) in [5, 5.41) is 4.75. The van der Waals surface area contributed by atoms with Crippen LogP contribution in [-0.4, -0.2) is 30.6 Å². The third-order valence-corrected chi connectivity index (χ3v) is 5.59. The lowest BCUT2D eigenvalue weighted by atomic mass is 10.1. The van der Waals surface area contributed by atoms with E-state index in [0.717, 1.165) is 62.2 Å². The minimum Gasteiger partial charge on any atom is -0.370 e. The first-order chi connectivity index (χ1) is 14.8. The van der Waals surface area contributed by atoms with Crippen LogP contribution in [0.4, 0.5) is 5.82 Å². The van der Waals surface area contributed by atoms with Gasteiger partial charge >= 0.3 is 5.69 Å². The maximum atomic E-state index is 12.6. The van der Waals surface area contributed by atoms with Gasteiger partial charge in [0.15, 0.2) is 0 Å². The molecule has 0 saturated heterocycles. The summed E-state index contributed by atoms with van der Waals surface area (Å²) in [6.45, 7) is 4.51. The fraction of sp³-hybridized carbons (Fsp3) is 0.391. The number of H-pyrrole nitrogens is 2. The van der Waals surface area contributed by atoms with Crippen LogP contribution < -0.4 is 11.0 Å². The van der Waals surface area contributed by atoms with Gasteiger partial charge in [-0.1, -0.05) is 31.5 Å². The molecular formula is C23H30N6O. The standard InChI is InChI=1S/C23H30N6O/c1-2-3-9-21-22(25-11-10-18-16-26-20-8-5-4-7-19(18)20)27-23(30)29(21)14-6-13-28-15-12-24-17-28/h4-5,7-8,12,15-17,25-26H,2-3,6,9-11,13-14H2,1H3,(H,27,30). The predicted octanol–water partition coefficient (Wildman–Crippen LogP) is 3.94. The molecule has 0 spiro atoms. The molecule has 0 fully saturated rings. The van der Waals surface area contributed by atoms with Crippen molar-refractivity contribution in [3.05, 3.63) is 70.9 Å². The highest BCUT2D eigenvalue weighted by Gasteiger charge is 2.14. The van der Waals surface area contributed by atoms with Crippen molar-refractivity contribution in [2.75, 3.05) is 11.9 Å². The zero-order valence-electron chi connectivity index (χ0n) is 17.5. The second-order valence-corrected chi connectivity index (χ2v) is 7.70. The van der Waals surface area contributed by atoms with Gasteiger partial charge in [-0.25, -0.2) is 9.78 Å². The van der Waals surface area contributed by atoms with E-state index in [0.29, 0.717) is 6.54 Å². The molecule has 3 aromatic heterocycles. The van der Waals surface area contributed by atoms with E-state index >= 15 is 0 Å². The van der Waals surface area contributed by atoms with Crippen molar-refractivity contribution in [3.8, 4) is 0 Å². The number of nitrogens with zero attached hydrogens (tertiary/aromatic N) is 3. The van der Waals surface area contributed by atoms with E-state index in [1.165, 1.54) is 10.9 Å². The zero-order chi connectivity index (χ0) is 20.8. The van der Waals surface area contributed by atoms with E-state index in [2.05, 4.69) is 51.6 Å². The Labute approximate surface area is 176 Å². The molecule has 0 saturated carbocycles. The molecule has 4 aromatic rings. The average Bonchev–Trinajstić information content (AvgIpc) is 3.48.